The lowest BCUT2D eigenvalue weighted by atomic mass is 10.1. The Hall–Kier alpha value is -2.65. The Morgan fingerprint density at radius 1 is 1.18 bits per heavy atom. The molecule has 0 unspecified atom stereocenters. The molecule has 0 radical (unpaired) electrons. The van der Waals surface area contributed by atoms with Crippen LogP contribution >= 0.6 is 23.1 Å². The maximum atomic E-state index is 12.3. The maximum Gasteiger partial charge on any atom is 0.341 e. The minimum atomic E-state index is -0.468. The van der Waals surface area contributed by atoms with Crippen LogP contribution in [0, 0.1) is 20.8 Å². The van der Waals surface area contributed by atoms with Gasteiger partial charge < -0.3 is 14.5 Å². The fourth-order valence-electron chi connectivity index (χ4n) is 2.43. The molecule has 1 amide bonds. The summed E-state index contributed by atoms with van der Waals surface area (Å²) in [6.07, 6.45) is 0. The van der Waals surface area contributed by atoms with E-state index in [2.05, 4.69) is 15.5 Å². The highest BCUT2D eigenvalue weighted by atomic mass is 32.2. The minimum Gasteiger partial charge on any atom is -0.465 e. The average molecular weight is 418 g/mol. The number of methoxy groups -OCH3 is 1. The van der Waals surface area contributed by atoms with E-state index in [1.54, 1.807) is 0 Å². The summed E-state index contributed by atoms with van der Waals surface area (Å²) in [6.45, 7) is 5.72. The third-order valence-electron chi connectivity index (χ3n) is 4.06. The molecule has 9 heteroatoms. The zero-order valence-corrected chi connectivity index (χ0v) is 17.5. The fraction of sp³-hybridized carbons (Fsp3) is 0.263. The summed E-state index contributed by atoms with van der Waals surface area (Å²) < 4.78 is 10.4. The predicted octanol–water partition coefficient (Wildman–Crippen LogP) is 4.24. The van der Waals surface area contributed by atoms with Crippen LogP contribution in [0.15, 0.2) is 33.9 Å². The van der Waals surface area contributed by atoms with Gasteiger partial charge in [-0.25, -0.2) is 4.79 Å². The summed E-state index contributed by atoms with van der Waals surface area (Å²) in [5, 5.41) is 11.5. The summed E-state index contributed by atoms with van der Waals surface area (Å²) >= 11 is 2.48. The van der Waals surface area contributed by atoms with Crippen LogP contribution in [0.1, 0.15) is 26.4 Å². The SMILES string of the molecule is COC(=O)c1c(NC(=O)CSc2nnc(-c3ccc(C)cc3)o2)sc(C)c1C. The molecule has 0 saturated heterocycles. The second kappa shape index (κ2) is 8.57. The molecule has 1 N–H and O–H groups in total. The van der Waals surface area contributed by atoms with Crippen molar-refractivity contribution in [1.29, 1.82) is 0 Å². The van der Waals surface area contributed by atoms with Crippen molar-refractivity contribution in [2.24, 2.45) is 0 Å². The van der Waals surface area contributed by atoms with E-state index in [0.29, 0.717) is 21.7 Å². The fourth-order valence-corrected chi connectivity index (χ4v) is 4.06. The first-order valence-corrected chi connectivity index (χ1v) is 10.2. The van der Waals surface area contributed by atoms with Crippen molar-refractivity contribution in [3.05, 3.63) is 45.8 Å². The average Bonchev–Trinajstić information content (AvgIpc) is 3.25. The molecule has 1 aromatic carbocycles. The van der Waals surface area contributed by atoms with Gasteiger partial charge in [0.05, 0.1) is 18.4 Å². The van der Waals surface area contributed by atoms with Gasteiger partial charge >= 0.3 is 5.97 Å². The first-order chi connectivity index (χ1) is 13.4. The molecule has 0 bridgehead atoms. The number of nitrogens with zero attached hydrogens (tertiary/aromatic N) is 2. The van der Waals surface area contributed by atoms with Crippen LogP contribution in [0.5, 0.6) is 0 Å². The standard InChI is InChI=1S/C19H19N3O4S2/c1-10-5-7-13(8-6-10)16-21-22-19(26-16)27-9-14(23)20-17-15(18(24)25-4)11(2)12(3)28-17/h5-8H,9H2,1-4H3,(H,20,23). The Morgan fingerprint density at radius 2 is 1.89 bits per heavy atom. The number of hydrogen-bond acceptors (Lipinski definition) is 8. The molecule has 0 spiro atoms. The van der Waals surface area contributed by atoms with E-state index in [-0.39, 0.29) is 11.7 Å². The lowest BCUT2D eigenvalue weighted by Crippen LogP contribution is -2.16. The Morgan fingerprint density at radius 3 is 2.57 bits per heavy atom. The molecule has 0 fully saturated rings. The number of benzene rings is 1. The number of rotatable bonds is 6. The van der Waals surface area contributed by atoms with Gasteiger partial charge in [-0.2, -0.15) is 0 Å². The monoisotopic (exact) mass is 417 g/mol. The molecule has 7 nitrogen and oxygen atoms in total. The Balaban J connectivity index is 1.63. The van der Waals surface area contributed by atoms with Crippen LogP contribution in [0.4, 0.5) is 5.00 Å². The van der Waals surface area contributed by atoms with Crippen molar-refractivity contribution in [3.63, 3.8) is 0 Å². The first kappa shape index (κ1) is 20.1. The van der Waals surface area contributed by atoms with E-state index >= 15 is 0 Å². The molecule has 28 heavy (non-hydrogen) atoms. The quantitative estimate of drug-likeness (QED) is 0.473. The van der Waals surface area contributed by atoms with Crippen LogP contribution in [0.25, 0.3) is 11.5 Å². The van der Waals surface area contributed by atoms with Gasteiger partial charge in [0, 0.05) is 10.4 Å². The molecule has 0 atom stereocenters. The van der Waals surface area contributed by atoms with Crippen LogP contribution in [-0.4, -0.2) is 34.9 Å². The molecule has 0 aliphatic rings. The van der Waals surface area contributed by atoms with Crippen molar-refractivity contribution >= 4 is 40.0 Å². The van der Waals surface area contributed by atoms with Gasteiger partial charge in [-0.15, -0.1) is 21.5 Å². The number of thioether (sulfide) groups is 1. The number of nitrogens with one attached hydrogen (secondary N) is 1. The highest BCUT2D eigenvalue weighted by Crippen LogP contribution is 2.33. The number of anilines is 1. The van der Waals surface area contributed by atoms with Gasteiger partial charge in [-0.05, 0) is 38.5 Å². The van der Waals surface area contributed by atoms with Gasteiger partial charge in [0.1, 0.15) is 5.00 Å². The smallest absolute Gasteiger partial charge is 0.341 e. The molecule has 0 aliphatic heterocycles. The van der Waals surface area contributed by atoms with Crippen LogP contribution in [-0.2, 0) is 9.53 Å². The summed E-state index contributed by atoms with van der Waals surface area (Å²) in [5.74, 6) is -0.261. The van der Waals surface area contributed by atoms with Gasteiger partial charge in [-0.3, -0.25) is 4.79 Å². The molecule has 2 aromatic heterocycles. The van der Waals surface area contributed by atoms with E-state index in [1.807, 2.05) is 45.0 Å². The van der Waals surface area contributed by atoms with E-state index in [0.717, 1.165) is 33.3 Å². The zero-order valence-electron chi connectivity index (χ0n) is 15.9. The lowest BCUT2D eigenvalue weighted by molar-refractivity contribution is -0.113. The van der Waals surface area contributed by atoms with E-state index in [1.165, 1.54) is 18.4 Å². The molecule has 3 aromatic rings. The molecular formula is C19H19N3O4S2. The number of aromatic nitrogens is 2. The molecule has 2 heterocycles. The summed E-state index contributed by atoms with van der Waals surface area (Å²) in [4.78, 5) is 25.2. The number of carbonyl (C=O) groups excluding carboxylic acids is 2. The van der Waals surface area contributed by atoms with E-state index < -0.39 is 5.97 Å². The highest BCUT2D eigenvalue weighted by Gasteiger charge is 2.22. The highest BCUT2D eigenvalue weighted by molar-refractivity contribution is 7.99. The second-order valence-corrected chi connectivity index (χ2v) is 8.21. The van der Waals surface area contributed by atoms with Gasteiger partial charge in [0.15, 0.2) is 0 Å². The van der Waals surface area contributed by atoms with Crippen molar-refractivity contribution < 1.29 is 18.7 Å². The van der Waals surface area contributed by atoms with Gasteiger partial charge in [0.25, 0.3) is 5.22 Å². The summed E-state index contributed by atoms with van der Waals surface area (Å²) in [5.41, 5.74) is 3.16. The number of amides is 1. The third kappa shape index (κ3) is 4.42. The van der Waals surface area contributed by atoms with Gasteiger partial charge in [-0.1, -0.05) is 29.5 Å². The lowest BCUT2D eigenvalue weighted by Gasteiger charge is -2.05. The third-order valence-corrected chi connectivity index (χ3v) is 6.00. The topological polar surface area (TPSA) is 94.3 Å². The second-order valence-electron chi connectivity index (χ2n) is 6.05. The number of ether oxygens (including phenoxy) is 1. The molecule has 3 rings (SSSR count). The van der Waals surface area contributed by atoms with Crippen molar-refractivity contribution in [1.82, 2.24) is 10.2 Å². The Kier molecular flexibility index (Phi) is 6.15. The molecule has 0 aliphatic carbocycles. The number of aryl methyl sites for hydroxylation is 2. The number of carbonyl (C=O) groups is 2. The summed E-state index contributed by atoms with van der Waals surface area (Å²) in [6, 6.07) is 7.73. The zero-order chi connectivity index (χ0) is 20.3. The molecular weight excluding hydrogens is 398 g/mol. The van der Waals surface area contributed by atoms with Crippen molar-refractivity contribution in [2.75, 3.05) is 18.2 Å². The predicted molar refractivity (Wildman–Crippen MR) is 109 cm³/mol. The van der Waals surface area contributed by atoms with Crippen molar-refractivity contribution in [3.8, 4) is 11.5 Å². The van der Waals surface area contributed by atoms with Gasteiger partial charge in [0.2, 0.25) is 11.8 Å². The van der Waals surface area contributed by atoms with E-state index in [4.69, 9.17) is 9.15 Å². The maximum absolute atomic E-state index is 12.3. The van der Waals surface area contributed by atoms with E-state index in [9.17, 15) is 9.59 Å². The van der Waals surface area contributed by atoms with Crippen LogP contribution in [0.2, 0.25) is 0 Å². The van der Waals surface area contributed by atoms with Crippen LogP contribution < -0.4 is 5.32 Å². The first-order valence-electron chi connectivity index (χ1n) is 8.40. The van der Waals surface area contributed by atoms with Crippen LogP contribution in [0.3, 0.4) is 0 Å². The normalized spacial score (nSPS) is 10.7. The Bertz CT molecular complexity index is 1010. The number of thiophene rings is 1. The summed E-state index contributed by atoms with van der Waals surface area (Å²) in [7, 11) is 1.32. The number of hydrogen-bond donors (Lipinski definition) is 1. The molecule has 0 saturated carbocycles. The molecule has 146 valence electrons. The Labute approximate surface area is 170 Å². The van der Waals surface area contributed by atoms with Crippen molar-refractivity contribution in [2.45, 2.75) is 26.0 Å². The minimum absolute atomic E-state index is 0.0755. The largest absolute Gasteiger partial charge is 0.465 e. The number of esters is 1.